The van der Waals surface area contributed by atoms with Crippen LogP contribution in [0.2, 0.25) is 5.02 Å². The Morgan fingerprint density at radius 1 is 1.35 bits per heavy atom. The van der Waals surface area contributed by atoms with Crippen LogP contribution in [0.4, 0.5) is 15.9 Å². The van der Waals surface area contributed by atoms with Crippen LogP contribution < -0.4 is 5.32 Å². The standard InChI is InChI=1S/C12H9BrClFN2/c1-7-2-3-9(13)11(4-7)17-12-10(15)5-8(14)6-16-12/h2-6H,1H3,(H,16,17). The third-order valence-corrected chi connectivity index (χ3v) is 3.08. The van der Waals surface area contributed by atoms with E-state index in [1.54, 1.807) is 0 Å². The second-order valence-corrected chi connectivity index (χ2v) is 4.88. The van der Waals surface area contributed by atoms with Crippen molar-refractivity contribution in [3.05, 3.63) is 51.3 Å². The third kappa shape index (κ3) is 2.96. The molecule has 0 unspecified atom stereocenters. The fourth-order valence-electron chi connectivity index (χ4n) is 1.37. The highest BCUT2D eigenvalue weighted by Crippen LogP contribution is 2.27. The lowest BCUT2D eigenvalue weighted by atomic mass is 10.2. The molecule has 5 heteroatoms. The van der Waals surface area contributed by atoms with Crippen LogP contribution in [0.15, 0.2) is 34.9 Å². The van der Waals surface area contributed by atoms with Gasteiger partial charge < -0.3 is 5.32 Å². The molecule has 1 heterocycles. The van der Waals surface area contributed by atoms with Gasteiger partial charge in [-0.25, -0.2) is 9.37 Å². The number of nitrogens with zero attached hydrogens (tertiary/aromatic N) is 1. The van der Waals surface area contributed by atoms with Gasteiger partial charge in [0, 0.05) is 10.7 Å². The molecule has 1 aromatic carbocycles. The molecular weight excluding hydrogens is 307 g/mol. The van der Waals surface area contributed by atoms with Gasteiger partial charge in [0.25, 0.3) is 0 Å². The molecule has 0 atom stereocenters. The Balaban J connectivity index is 2.34. The lowest BCUT2D eigenvalue weighted by Gasteiger charge is -2.09. The maximum atomic E-state index is 13.5. The second kappa shape index (κ2) is 5.02. The van der Waals surface area contributed by atoms with Crippen LogP contribution in [0.5, 0.6) is 0 Å². The van der Waals surface area contributed by atoms with Crippen molar-refractivity contribution in [2.75, 3.05) is 5.32 Å². The molecule has 0 fully saturated rings. The molecule has 0 aliphatic carbocycles. The average molecular weight is 316 g/mol. The van der Waals surface area contributed by atoms with Crippen LogP contribution in [-0.2, 0) is 0 Å². The first-order chi connectivity index (χ1) is 8.06. The maximum absolute atomic E-state index is 13.5. The SMILES string of the molecule is Cc1ccc(Br)c(Nc2ncc(Cl)cc2F)c1. The average Bonchev–Trinajstić information content (AvgIpc) is 2.27. The molecule has 1 N–H and O–H groups in total. The van der Waals surface area contributed by atoms with E-state index in [9.17, 15) is 4.39 Å². The van der Waals surface area contributed by atoms with Crippen LogP contribution in [0.25, 0.3) is 0 Å². The van der Waals surface area contributed by atoms with Gasteiger partial charge in [0.15, 0.2) is 11.6 Å². The van der Waals surface area contributed by atoms with Crippen molar-refractivity contribution in [2.45, 2.75) is 6.92 Å². The Morgan fingerprint density at radius 3 is 2.82 bits per heavy atom. The normalized spacial score (nSPS) is 10.4. The van der Waals surface area contributed by atoms with Gasteiger partial charge >= 0.3 is 0 Å². The van der Waals surface area contributed by atoms with E-state index in [4.69, 9.17) is 11.6 Å². The number of anilines is 2. The number of aromatic nitrogens is 1. The fourth-order valence-corrected chi connectivity index (χ4v) is 1.86. The van der Waals surface area contributed by atoms with Crippen molar-refractivity contribution in [2.24, 2.45) is 0 Å². The zero-order chi connectivity index (χ0) is 12.4. The summed E-state index contributed by atoms with van der Waals surface area (Å²) in [7, 11) is 0. The molecule has 1 aromatic heterocycles. The first kappa shape index (κ1) is 12.3. The van der Waals surface area contributed by atoms with Crippen LogP contribution in [-0.4, -0.2) is 4.98 Å². The Labute approximate surface area is 112 Å². The van der Waals surface area contributed by atoms with Crippen molar-refractivity contribution < 1.29 is 4.39 Å². The quantitative estimate of drug-likeness (QED) is 0.869. The van der Waals surface area contributed by atoms with E-state index in [2.05, 4.69) is 26.2 Å². The van der Waals surface area contributed by atoms with E-state index >= 15 is 0 Å². The number of aryl methyl sites for hydroxylation is 1. The monoisotopic (exact) mass is 314 g/mol. The van der Waals surface area contributed by atoms with E-state index in [1.165, 1.54) is 12.3 Å². The summed E-state index contributed by atoms with van der Waals surface area (Å²) in [6.07, 6.45) is 1.40. The summed E-state index contributed by atoms with van der Waals surface area (Å²) in [6.45, 7) is 1.96. The Bertz CT molecular complexity index is 560. The topological polar surface area (TPSA) is 24.9 Å². The number of rotatable bonds is 2. The van der Waals surface area contributed by atoms with Crippen molar-refractivity contribution in [1.82, 2.24) is 4.98 Å². The number of pyridine rings is 1. The van der Waals surface area contributed by atoms with Crippen molar-refractivity contribution in [3.8, 4) is 0 Å². The molecule has 0 bridgehead atoms. The summed E-state index contributed by atoms with van der Waals surface area (Å²) in [5, 5.41) is 3.19. The van der Waals surface area contributed by atoms with Crippen LogP contribution in [0, 0.1) is 12.7 Å². The number of hydrogen-bond acceptors (Lipinski definition) is 2. The predicted molar refractivity (Wildman–Crippen MR) is 71.4 cm³/mol. The zero-order valence-corrected chi connectivity index (χ0v) is 11.3. The van der Waals surface area contributed by atoms with Crippen LogP contribution >= 0.6 is 27.5 Å². The minimum atomic E-state index is -0.481. The smallest absolute Gasteiger partial charge is 0.167 e. The molecule has 0 saturated heterocycles. The molecule has 2 rings (SSSR count). The lowest BCUT2D eigenvalue weighted by molar-refractivity contribution is 0.626. The van der Waals surface area contributed by atoms with Crippen molar-refractivity contribution in [3.63, 3.8) is 0 Å². The van der Waals surface area contributed by atoms with Gasteiger partial charge in [-0.05, 0) is 46.6 Å². The summed E-state index contributed by atoms with van der Waals surface area (Å²) in [4.78, 5) is 3.90. The summed E-state index contributed by atoms with van der Waals surface area (Å²) >= 11 is 9.03. The maximum Gasteiger partial charge on any atom is 0.167 e. The zero-order valence-electron chi connectivity index (χ0n) is 8.97. The molecule has 0 amide bonds. The molecule has 2 nitrogen and oxygen atoms in total. The van der Waals surface area contributed by atoms with E-state index < -0.39 is 5.82 Å². The largest absolute Gasteiger partial charge is 0.337 e. The molecular formula is C12H9BrClFN2. The highest BCUT2D eigenvalue weighted by molar-refractivity contribution is 9.10. The highest BCUT2D eigenvalue weighted by atomic mass is 79.9. The summed E-state index contributed by atoms with van der Waals surface area (Å²) < 4.78 is 14.4. The van der Waals surface area contributed by atoms with Crippen LogP contribution in [0.3, 0.4) is 0 Å². The summed E-state index contributed by atoms with van der Waals surface area (Å²) in [5.74, 6) is -0.327. The number of halogens is 3. The Morgan fingerprint density at radius 2 is 2.12 bits per heavy atom. The lowest BCUT2D eigenvalue weighted by Crippen LogP contribution is -1.98. The minimum Gasteiger partial charge on any atom is -0.337 e. The molecule has 0 aliphatic rings. The predicted octanol–water partition coefficient (Wildman–Crippen LogP) is 4.69. The minimum absolute atomic E-state index is 0.153. The molecule has 88 valence electrons. The Hall–Kier alpha value is -1.13. The number of hydrogen-bond donors (Lipinski definition) is 1. The fraction of sp³-hybridized carbons (Fsp3) is 0.0833. The van der Waals surface area contributed by atoms with E-state index in [0.29, 0.717) is 0 Å². The van der Waals surface area contributed by atoms with Gasteiger partial charge in [0.05, 0.1) is 10.7 Å². The van der Waals surface area contributed by atoms with Crippen LogP contribution in [0.1, 0.15) is 5.56 Å². The van der Waals surface area contributed by atoms with Gasteiger partial charge in [-0.2, -0.15) is 0 Å². The number of benzene rings is 1. The molecule has 17 heavy (non-hydrogen) atoms. The summed E-state index contributed by atoms with van der Waals surface area (Å²) in [6, 6.07) is 6.98. The van der Waals surface area contributed by atoms with Gasteiger partial charge in [-0.15, -0.1) is 0 Å². The highest BCUT2D eigenvalue weighted by Gasteiger charge is 2.07. The van der Waals surface area contributed by atoms with Gasteiger partial charge in [-0.3, -0.25) is 0 Å². The van der Waals surface area contributed by atoms with E-state index in [0.717, 1.165) is 15.7 Å². The van der Waals surface area contributed by atoms with Gasteiger partial charge in [0.1, 0.15) is 0 Å². The van der Waals surface area contributed by atoms with Crippen molar-refractivity contribution in [1.29, 1.82) is 0 Å². The van der Waals surface area contributed by atoms with E-state index in [-0.39, 0.29) is 10.8 Å². The first-order valence-electron chi connectivity index (χ1n) is 4.90. The second-order valence-electron chi connectivity index (χ2n) is 3.59. The number of nitrogens with one attached hydrogen (secondary N) is 1. The van der Waals surface area contributed by atoms with Gasteiger partial charge in [-0.1, -0.05) is 17.7 Å². The summed E-state index contributed by atoms with van der Waals surface area (Å²) in [5.41, 5.74) is 1.84. The van der Waals surface area contributed by atoms with Gasteiger partial charge in [0.2, 0.25) is 0 Å². The molecule has 0 aliphatic heterocycles. The van der Waals surface area contributed by atoms with E-state index in [1.807, 2.05) is 25.1 Å². The molecule has 0 saturated carbocycles. The third-order valence-electron chi connectivity index (χ3n) is 2.18. The molecule has 0 spiro atoms. The Kier molecular flexibility index (Phi) is 3.64. The van der Waals surface area contributed by atoms with Crippen molar-refractivity contribution >= 4 is 39.0 Å². The molecule has 0 radical (unpaired) electrons. The molecule has 2 aromatic rings. The first-order valence-corrected chi connectivity index (χ1v) is 6.07.